The molecule has 0 amide bonds. The summed E-state index contributed by atoms with van der Waals surface area (Å²) in [7, 11) is 3.13. The molecule has 2 aromatic rings. The summed E-state index contributed by atoms with van der Waals surface area (Å²) in [4.78, 5) is 15.6. The fourth-order valence-electron chi connectivity index (χ4n) is 5.24. The van der Waals surface area contributed by atoms with Crippen LogP contribution in [0.4, 0.5) is 4.39 Å². The highest BCUT2D eigenvalue weighted by Crippen LogP contribution is 2.39. The zero-order valence-corrected chi connectivity index (χ0v) is 20.5. The maximum Gasteiger partial charge on any atom is 0.316 e. The van der Waals surface area contributed by atoms with Crippen molar-refractivity contribution in [1.29, 1.82) is 0 Å². The van der Waals surface area contributed by atoms with Crippen molar-refractivity contribution in [3.05, 3.63) is 65.5 Å². The van der Waals surface area contributed by atoms with E-state index < -0.39 is 5.41 Å². The Kier molecular flexibility index (Phi) is 8.90. The van der Waals surface area contributed by atoms with Crippen LogP contribution in [0.3, 0.4) is 0 Å². The van der Waals surface area contributed by atoms with Gasteiger partial charge in [-0.15, -0.1) is 0 Å². The predicted octanol–water partition coefficient (Wildman–Crippen LogP) is 5.64. The molecule has 0 saturated carbocycles. The Morgan fingerprint density at radius 1 is 1.06 bits per heavy atom. The molecule has 180 valence electrons. The number of esters is 1. The maximum absolute atomic E-state index is 13.1. The number of likely N-dealkylation sites (tertiary alicyclic amines) is 1. The fourth-order valence-corrected chi connectivity index (χ4v) is 5.24. The van der Waals surface area contributed by atoms with Crippen LogP contribution in [0, 0.1) is 17.7 Å². The van der Waals surface area contributed by atoms with E-state index in [9.17, 15) is 9.18 Å². The largest absolute Gasteiger partial charge is 0.497 e. The first-order chi connectivity index (χ1) is 15.9. The molecule has 1 aliphatic heterocycles. The van der Waals surface area contributed by atoms with Crippen molar-refractivity contribution < 1.29 is 18.7 Å². The summed E-state index contributed by atoms with van der Waals surface area (Å²) in [6.07, 6.45) is 5.01. The lowest BCUT2D eigenvalue weighted by atomic mass is 9.68. The normalized spacial score (nSPS) is 17.0. The van der Waals surface area contributed by atoms with Crippen LogP contribution in [0.2, 0.25) is 0 Å². The van der Waals surface area contributed by atoms with Gasteiger partial charge < -0.3 is 14.4 Å². The monoisotopic (exact) mass is 455 g/mol. The molecule has 1 heterocycles. The van der Waals surface area contributed by atoms with Crippen LogP contribution >= 0.6 is 0 Å². The third kappa shape index (κ3) is 6.14. The Bertz CT molecular complexity index is 873. The molecule has 5 heteroatoms. The van der Waals surface area contributed by atoms with Crippen LogP contribution in [0.15, 0.2) is 48.5 Å². The summed E-state index contributed by atoms with van der Waals surface area (Å²) in [6, 6.07) is 14.7. The van der Waals surface area contributed by atoms with E-state index in [0.717, 1.165) is 63.1 Å². The SMILES string of the molecule is COC(=O)C(CCCN1CCC(Cc2ccc(F)cc2)CC1)(c1ccc(OC)cc1)C(C)C. The molecule has 2 aromatic carbocycles. The van der Waals surface area contributed by atoms with Gasteiger partial charge >= 0.3 is 5.97 Å². The first-order valence-corrected chi connectivity index (χ1v) is 12.1. The lowest BCUT2D eigenvalue weighted by Gasteiger charge is -2.37. The van der Waals surface area contributed by atoms with E-state index in [-0.39, 0.29) is 17.7 Å². The van der Waals surface area contributed by atoms with Gasteiger partial charge in [0.25, 0.3) is 0 Å². The van der Waals surface area contributed by atoms with Gasteiger partial charge in [0.2, 0.25) is 0 Å². The molecule has 33 heavy (non-hydrogen) atoms. The van der Waals surface area contributed by atoms with Gasteiger partial charge in [-0.25, -0.2) is 4.39 Å². The van der Waals surface area contributed by atoms with Crippen molar-refractivity contribution in [3.8, 4) is 5.75 Å². The van der Waals surface area contributed by atoms with E-state index in [4.69, 9.17) is 9.47 Å². The summed E-state index contributed by atoms with van der Waals surface area (Å²) in [6.45, 7) is 7.32. The van der Waals surface area contributed by atoms with Gasteiger partial charge in [-0.3, -0.25) is 4.79 Å². The van der Waals surface area contributed by atoms with E-state index in [2.05, 4.69) is 18.7 Å². The highest BCUT2D eigenvalue weighted by atomic mass is 19.1. The molecule has 0 aromatic heterocycles. The van der Waals surface area contributed by atoms with Gasteiger partial charge in [-0.1, -0.05) is 38.1 Å². The van der Waals surface area contributed by atoms with Gasteiger partial charge in [0.1, 0.15) is 11.6 Å². The Morgan fingerprint density at radius 2 is 1.70 bits per heavy atom. The van der Waals surface area contributed by atoms with Gasteiger partial charge in [0.05, 0.1) is 19.6 Å². The highest BCUT2D eigenvalue weighted by Gasteiger charge is 2.44. The second-order valence-corrected chi connectivity index (χ2v) is 9.57. The molecule has 1 aliphatic rings. The lowest BCUT2D eigenvalue weighted by Crippen LogP contribution is -2.43. The quantitative estimate of drug-likeness (QED) is 0.435. The van der Waals surface area contributed by atoms with Gasteiger partial charge in [0, 0.05) is 0 Å². The van der Waals surface area contributed by atoms with Crippen molar-refractivity contribution in [2.24, 2.45) is 11.8 Å². The summed E-state index contributed by atoms with van der Waals surface area (Å²) in [5.41, 5.74) is 1.54. The number of hydrogen-bond donors (Lipinski definition) is 0. The van der Waals surface area contributed by atoms with E-state index in [1.54, 1.807) is 19.2 Å². The van der Waals surface area contributed by atoms with Crippen molar-refractivity contribution in [3.63, 3.8) is 0 Å². The van der Waals surface area contributed by atoms with E-state index in [1.807, 2.05) is 36.4 Å². The topological polar surface area (TPSA) is 38.8 Å². The fraction of sp³-hybridized carbons (Fsp3) is 0.536. The molecule has 0 N–H and O–H groups in total. The van der Waals surface area contributed by atoms with Crippen molar-refractivity contribution in [2.75, 3.05) is 33.9 Å². The number of methoxy groups -OCH3 is 2. The molecule has 3 rings (SSSR count). The van der Waals surface area contributed by atoms with E-state index in [0.29, 0.717) is 5.92 Å². The smallest absolute Gasteiger partial charge is 0.316 e. The first-order valence-electron chi connectivity index (χ1n) is 12.1. The number of ether oxygens (including phenoxy) is 2. The molecule has 1 fully saturated rings. The number of benzene rings is 2. The second-order valence-electron chi connectivity index (χ2n) is 9.57. The Balaban J connectivity index is 1.57. The number of nitrogens with zero attached hydrogens (tertiary/aromatic N) is 1. The third-order valence-corrected chi connectivity index (χ3v) is 7.33. The Labute approximate surface area is 198 Å². The zero-order valence-electron chi connectivity index (χ0n) is 20.5. The van der Waals surface area contributed by atoms with Crippen LogP contribution in [0.5, 0.6) is 5.75 Å². The van der Waals surface area contributed by atoms with Crippen molar-refractivity contribution in [1.82, 2.24) is 4.90 Å². The minimum atomic E-state index is -0.665. The van der Waals surface area contributed by atoms with Crippen LogP contribution in [0.1, 0.15) is 50.7 Å². The second kappa shape index (κ2) is 11.6. The zero-order chi connectivity index (χ0) is 23.8. The van der Waals surface area contributed by atoms with Crippen molar-refractivity contribution in [2.45, 2.75) is 51.4 Å². The molecule has 0 bridgehead atoms. The maximum atomic E-state index is 13.1. The average Bonchev–Trinajstić information content (AvgIpc) is 2.84. The molecular formula is C28H38FNO3. The molecule has 0 spiro atoms. The van der Waals surface area contributed by atoms with Crippen LogP contribution in [-0.2, 0) is 21.4 Å². The van der Waals surface area contributed by atoms with Crippen molar-refractivity contribution >= 4 is 5.97 Å². The van der Waals surface area contributed by atoms with Gasteiger partial charge in [0.15, 0.2) is 0 Å². The van der Waals surface area contributed by atoms with Gasteiger partial charge in [-0.2, -0.15) is 0 Å². The van der Waals surface area contributed by atoms with E-state index >= 15 is 0 Å². The molecule has 0 radical (unpaired) electrons. The summed E-state index contributed by atoms with van der Waals surface area (Å²) in [5.74, 6) is 1.20. The number of carbonyl (C=O) groups is 1. The van der Waals surface area contributed by atoms with Crippen LogP contribution < -0.4 is 4.74 Å². The molecular weight excluding hydrogens is 417 g/mol. The minimum Gasteiger partial charge on any atom is -0.497 e. The third-order valence-electron chi connectivity index (χ3n) is 7.33. The molecule has 4 nitrogen and oxygen atoms in total. The standard InChI is InChI=1S/C28H38FNO3/c1-21(2)28(27(31)33-4,24-8-12-26(32-3)13-9-24)16-5-17-30-18-14-23(15-19-30)20-22-6-10-25(29)11-7-22/h6-13,21,23H,5,14-20H2,1-4H3. The van der Waals surface area contributed by atoms with Crippen LogP contribution in [0.25, 0.3) is 0 Å². The number of halogens is 1. The highest BCUT2D eigenvalue weighted by molar-refractivity contribution is 5.83. The summed E-state index contributed by atoms with van der Waals surface area (Å²) >= 11 is 0. The summed E-state index contributed by atoms with van der Waals surface area (Å²) < 4.78 is 23.7. The number of rotatable bonds is 10. The Hall–Kier alpha value is -2.40. The molecule has 1 unspecified atom stereocenters. The average molecular weight is 456 g/mol. The Morgan fingerprint density at radius 3 is 2.24 bits per heavy atom. The molecule has 1 atom stereocenters. The number of carbonyl (C=O) groups excluding carboxylic acids is 1. The van der Waals surface area contributed by atoms with E-state index in [1.165, 1.54) is 12.7 Å². The van der Waals surface area contributed by atoms with Crippen LogP contribution in [-0.4, -0.2) is 44.7 Å². The number of piperidine rings is 1. The first kappa shape index (κ1) is 25.2. The summed E-state index contributed by atoms with van der Waals surface area (Å²) in [5, 5.41) is 0. The molecule has 1 saturated heterocycles. The number of hydrogen-bond acceptors (Lipinski definition) is 4. The predicted molar refractivity (Wildman–Crippen MR) is 130 cm³/mol. The molecule has 0 aliphatic carbocycles. The lowest BCUT2D eigenvalue weighted by molar-refractivity contribution is -0.150. The van der Waals surface area contributed by atoms with Gasteiger partial charge in [-0.05, 0) is 99.0 Å². The minimum absolute atomic E-state index is 0.111.